The molecule has 0 bridgehead atoms. The van der Waals surface area contributed by atoms with E-state index in [-0.39, 0.29) is 11.9 Å². The lowest BCUT2D eigenvalue weighted by Gasteiger charge is -2.32. The quantitative estimate of drug-likeness (QED) is 0.832. The van der Waals surface area contributed by atoms with Crippen molar-refractivity contribution in [3.63, 3.8) is 0 Å². The minimum absolute atomic E-state index is 0.0232. The Labute approximate surface area is 115 Å². The zero-order chi connectivity index (χ0) is 13.7. The number of nitrogens with one attached hydrogen (secondary N) is 1. The van der Waals surface area contributed by atoms with Crippen LogP contribution < -0.4 is 5.32 Å². The van der Waals surface area contributed by atoms with Gasteiger partial charge in [-0.3, -0.25) is 4.79 Å². The Kier molecular flexibility index (Phi) is 4.96. The largest absolute Gasteiger partial charge is 0.341 e. The number of hydrogen-bond donors (Lipinski definition) is 1. The second-order valence-corrected chi connectivity index (χ2v) is 5.18. The molecule has 0 spiro atoms. The van der Waals surface area contributed by atoms with Crippen molar-refractivity contribution in [1.29, 1.82) is 0 Å². The van der Waals surface area contributed by atoms with Crippen molar-refractivity contribution in [2.24, 2.45) is 7.05 Å². The van der Waals surface area contributed by atoms with Crippen LogP contribution in [0.25, 0.3) is 0 Å². The highest BCUT2D eigenvalue weighted by molar-refractivity contribution is 5.82. The number of piperidine rings is 1. The van der Waals surface area contributed by atoms with Gasteiger partial charge in [-0.25, -0.2) is 4.98 Å². The van der Waals surface area contributed by atoms with Gasteiger partial charge in [0.2, 0.25) is 5.91 Å². The molecular formula is C14H24N4O. The Balaban J connectivity index is 1.86. The molecule has 2 rings (SSSR count). The summed E-state index contributed by atoms with van der Waals surface area (Å²) in [5.74, 6) is 1.30. The van der Waals surface area contributed by atoms with E-state index in [0.717, 1.165) is 51.1 Å². The topological polar surface area (TPSA) is 50.2 Å². The summed E-state index contributed by atoms with van der Waals surface area (Å²) < 4.78 is 2.02. The van der Waals surface area contributed by atoms with Crippen LogP contribution in [0, 0.1) is 0 Å². The van der Waals surface area contributed by atoms with Crippen LogP contribution in [-0.2, 0) is 18.3 Å². The lowest BCUT2D eigenvalue weighted by atomic mass is 10.0. The van der Waals surface area contributed by atoms with E-state index in [1.165, 1.54) is 0 Å². The Morgan fingerprint density at radius 2 is 2.37 bits per heavy atom. The van der Waals surface area contributed by atoms with Crippen LogP contribution in [0.2, 0.25) is 0 Å². The van der Waals surface area contributed by atoms with E-state index in [1.54, 1.807) is 6.20 Å². The van der Waals surface area contributed by atoms with E-state index in [4.69, 9.17) is 0 Å². The highest BCUT2D eigenvalue weighted by Gasteiger charge is 2.27. The second-order valence-electron chi connectivity index (χ2n) is 5.18. The third kappa shape index (κ3) is 3.56. The van der Waals surface area contributed by atoms with Gasteiger partial charge in [-0.2, -0.15) is 0 Å². The summed E-state index contributed by atoms with van der Waals surface area (Å²) in [4.78, 5) is 18.6. The van der Waals surface area contributed by atoms with Crippen molar-refractivity contribution < 1.29 is 4.79 Å². The van der Waals surface area contributed by atoms with Crippen LogP contribution in [0.1, 0.15) is 32.0 Å². The first-order valence-electron chi connectivity index (χ1n) is 7.20. The maximum absolute atomic E-state index is 12.3. The zero-order valence-electron chi connectivity index (χ0n) is 11.9. The van der Waals surface area contributed by atoms with Crippen molar-refractivity contribution in [3.8, 4) is 0 Å². The number of aryl methyl sites for hydroxylation is 1. The summed E-state index contributed by atoms with van der Waals surface area (Å²) in [6, 6.07) is 0.0232. The van der Waals surface area contributed by atoms with Gasteiger partial charge >= 0.3 is 0 Å². The van der Waals surface area contributed by atoms with Crippen molar-refractivity contribution in [2.75, 3.05) is 19.6 Å². The number of aromatic nitrogens is 2. The molecule has 1 amide bonds. The molecular weight excluding hydrogens is 240 g/mol. The molecule has 1 aromatic rings. The molecule has 106 valence electrons. The molecule has 1 unspecified atom stereocenters. The molecule has 5 heteroatoms. The van der Waals surface area contributed by atoms with Crippen LogP contribution in [0.4, 0.5) is 0 Å². The molecule has 0 aliphatic carbocycles. The van der Waals surface area contributed by atoms with Crippen LogP contribution in [0.3, 0.4) is 0 Å². The first-order chi connectivity index (χ1) is 9.22. The average Bonchev–Trinajstić information content (AvgIpc) is 2.82. The van der Waals surface area contributed by atoms with Crippen molar-refractivity contribution >= 4 is 5.91 Å². The lowest BCUT2D eigenvalue weighted by Crippen LogP contribution is -2.51. The van der Waals surface area contributed by atoms with Gasteiger partial charge in [0.1, 0.15) is 5.82 Å². The van der Waals surface area contributed by atoms with Gasteiger partial charge in [-0.15, -0.1) is 0 Å². The Morgan fingerprint density at radius 1 is 1.53 bits per heavy atom. The van der Waals surface area contributed by atoms with Crippen molar-refractivity contribution in [2.45, 2.75) is 38.6 Å². The van der Waals surface area contributed by atoms with Gasteiger partial charge in [-0.1, -0.05) is 6.92 Å². The third-order valence-corrected chi connectivity index (χ3v) is 3.70. The molecule has 1 atom stereocenters. The van der Waals surface area contributed by atoms with E-state index < -0.39 is 0 Å². The minimum Gasteiger partial charge on any atom is -0.341 e. The summed E-state index contributed by atoms with van der Waals surface area (Å²) in [7, 11) is 1.99. The normalized spacial score (nSPS) is 20.0. The molecule has 5 nitrogen and oxygen atoms in total. The van der Waals surface area contributed by atoms with E-state index in [2.05, 4.69) is 17.2 Å². The maximum Gasteiger partial charge on any atom is 0.239 e. The summed E-state index contributed by atoms with van der Waals surface area (Å²) in [6.45, 7) is 4.70. The van der Waals surface area contributed by atoms with Crippen LogP contribution in [-0.4, -0.2) is 46.0 Å². The summed E-state index contributed by atoms with van der Waals surface area (Å²) >= 11 is 0. The van der Waals surface area contributed by atoms with E-state index in [9.17, 15) is 4.79 Å². The molecule has 0 aromatic carbocycles. The van der Waals surface area contributed by atoms with Crippen LogP contribution in [0.15, 0.2) is 12.4 Å². The lowest BCUT2D eigenvalue weighted by molar-refractivity contribution is -0.135. The Hall–Kier alpha value is -1.36. The fraction of sp³-hybridized carbons (Fsp3) is 0.714. The molecule has 1 N–H and O–H groups in total. The van der Waals surface area contributed by atoms with Crippen LogP contribution in [0.5, 0.6) is 0 Å². The molecule has 2 heterocycles. The number of hydrogen-bond acceptors (Lipinski definition) is 3. The predicted octanol–water partition coefficient (Wildman–Crippen LogP) is 0.953. The fourth-order valence-electron chi connectivity index (χ4n) is 2.54. The monoisotopic (exact) mass is 264 g/mol. The smallest absolute Gasteiger partial charge is 0.239 e. The van der Waals surface area contributed by atoms with Gasteiger partial charge in [0, 0.05) is 39.0 Å². The van der Waals surface area contributed by atoms with Gasteiger partial charge in [0.15, 0.2) is 0 Å². The number of amides is 1. The SMILES string of the molecule is CCCNC1CCCN(CCc2nccn2C)C1=O. The number of likely N-dealkylation sites (tertiary alicyclic amines) is 1. The maximum atomic E-state index is 12.3. The summed E-state index contributed by atoms with van der Waals surface area (Å²) in [6.07, 6.45) is 7.70. The fourth-order valence-corrected chi connectivity index (χ4v) is 2.54. The van der Waals surface area contributed by atoms with Crippen molar-refractivity contribution in [3.05, 3.63) is 18.2 Å². The number of carbonyl (C=O) groups excluding carboxylic acids is 1. The summed E-state index contributed by atoms with van der Waals surface area (Å²) in [5.41, 5.74) is 0. The molecule has 0 radical (unpaired) electrons. The van der Waals surface area contributed by atoms with Gasteiger partial charge < -0.3 is 14.8 Å². The molecule has 0 saturated carbocycles. The highest BCUT2D eigenvalue weighted by atomic mass is 16.2. The van der Waals surface area contributed by atoms with E-state index in [0.29, 0.717) is 0 Å². The molecule has 1 aliphatic heterocycles. The number of carbonyl (C=O) groups is 1. The van der Waals surface area contributed by atoms with Crippen LogP contribution >= 0.6 is 0 Å². The molecule has 1 aromatic heterocycles. The van der Waals surface area contributed by atoms with Gasteiger partial charge in [0.05, 0.1) is 6.04 Å². The second kappa shape index (κ2) is 6.70. The van der Waals surface area contributed by atoms with E-state index in [1.807, 2.05) is 22.7 Å². The van der Waals surface area contributed by atoms with Gasteiger partial charge in [-0.05, 0) is 25.8 Å². The summed E-state index contributed by atoms with van der Waals surface area (Å²) in [5, 5.41) is 3.34. The highest BCUT2D eigenvalue weighted by Crippen LogP contribution is 2.12. The molecule has 1 fully saturated rings. The first kappa shape index (κ1) is 14.1. The van der Waals surface area contributed by atoms with Gasteiger partial charge in [0.25, 0.3) is 0 Å². The molecule has 19 heavy (non-hydrogen) atoms. The minimum atomic E-state index is 0.0232. The third-order valence-electron chi connectivity index (χ3n) is 3.70. The average molecular weight is 264 g/mol. The van der Waals surface area contributed by atoms with Crippen molar-refractivity contribution in [1.82, 2.24) is 19.8 Å². The first-order valence-corrected chi connectivity index (χ1v) is 7.20. The number of nitrogens with zero attached hydrogens (tertiary/aromatic N) is 3. The standard InChI is InChI=1S/C14H24N4O/c1-3-7-15-12-5-4-9-18(14(12)19)10-6-13-16-8-11-17(13)2/h8,11-12,15H,3-7,9-10H2,1-2H3. The molecule has 1 aliphatic rings. The van der Waals surface area contributed by atoms with E-state index >= 15 is 0 Å². The Morgan fingerprint density at radius 3 is 3.05 bits per heavy atom. The predicted molar refractivity (Wildman–Crippen MR) is 74.8 cm³/mol. The number of imidazole rings is 1. The Bertz CT molecular complexity index is 415. The zero-order valence-corrected chi connectivity index (χ0v) is 11.9. The molecule has 1 saturated heterocycles. The number of rotatable bonds is 6.